The fraction of sp³-hybridized carbons (Fsp3) is 0.200. The molecule has 0 radical (unpaired) electrons. The van der Waals surface area contributed by atoms with Gasteiger partial charge in [-0.15, -0.1) is 11.3 Å². The van der Waals surface area contributed by atoms with E-state index in [1.165, 1.54) is 182 Å². The average molecular weight is 1480 g/mol. The Kier molecular flexibility index (Phi) is 26.7. The summed E-state index contributed by atoms with van der Waals surface area (Å²) in [6, 6.07) is 113. The van der Waals surface area contributed by atoms with E-state index in [0.717, 1.165) is 17.1 Å². The van der Waals surface area contributed by atoms with E-state index >= 15 is 0 Å². The standard InChI is InChI=1S/C23H22.C17H18.C14H14.C12H12O.C12H12S.2C12H12.C8H10/c1-15-5-8-17(9-6-15)18-10-12-20-19-11-7-16(2)13-21(19)23(3,4)22(20)14-18;1-11-5-7-13-14-8-6-12(2)10-16(14)17(3,4)15(13)9-11;1-11-3-7-13(8-4-11)14-9-5-12(2)6-10-14;2*1-9-3-6-11(7-4-9)12-8-5-10(2)13-12;1-9-3-5-12-8-10(2)4-6-11(12)7-9;1-9-5-3-8-12-10(2)6-4-7-11(9)12;1-7-3-5-8(2)6-4-7/h5-14H,1-4H3;5-10H,1-4H3;3-10H,1-2H3;2*3-8H,1-2H3;2*3-8H,1-2H3;3-6H,1-2H3. The van der Waals surface area contributed by atoms with Crippen molar-refractivity contribution in [2.24, 2.45) is 0 Å². The maximum atomic E-state index is 5.51. The molecular formula is C110H112OS. The molecule has 0 aliphatic heterocycles. The van der Waals surface area contributed by atoms with Gasteiger partial charge in [0.15, 0.2) is 0 Å². The van der Waals surface area contributed by atoms with E-state index in [2.05, 4.69) is 435 Å². The van der Waals surface area contributed by atoms with Crippen LogP contribution < -0.4 is 0 Å². The number of rotatable bonds is 4. The average Bonchev–Trinajstić information content (AvgIpc) is 1.58. The molecule has 2 aliphatic carbocycles. The molecule has 14 aromatic carbocycles. The van der Waals surface area contributed by atoms with Gasteiger partial charge in [-0.1, -0.05) is 380 Å². The van der Waals surface area contributed by atoms with Crippen LogP contribution in [-0.4, -0.2) is 0 Å². The van der Waals surface area contributed by atoms with Crippen LogP contribution in [0.5, 0.6) is 0 Å². The van der Waals surface area contributed by atoms with Gasteiger partial charge in [0.05, 0.1) is 0 Å². The zero-order valence-corrected chi connectivity index (χ0v) is 70.7. The fourth-order valence-corrected chi connectivity index (χ4v) is 15.5. The number of fused-ring (bicyclic) bond motifs is 8. The highest BCUT2D eigenvalue weighted by Gasteiger charge is 2.36. The van der Waals surface area contributed by atoms with Crippen LogP contribution in [0.15, 0.2) is 320 Å². The first-order valence-electron chi connectivity index (χ1n) is 39.5. The van der Waals surface area contributed by atoms with E-state index in [-0.39, 0.29) is 10.8 Å². The minimum absolute atomic E-state index is 0.0669. The molecule has 564 valence electrons. The van der Waals surface area contributed by atoms with Gasteiger partial charge in [-0.3, -0.25) is 0 Å². The van der Waals surface area contributed by atoms with Crippen LogP contribution in [0, 0.1) is 111 Å². The molecule has 0 unspecified atom stereocenters. The van der Waals surface area contributed by atoms with Gasteiger partial charge in [0.25, 0.3) is 0 Å². The third kappa shape index (κ3) is 20.8. The van der Waals surface area contributed by atoms with Crippen molar-refractivity contribution in [2.45, 2.75) is 149 Å². The van der Waals surface area contributed by atoms with Gasteiger partial charge in [-0.05, 0) is 246 Å². The lowest BCUT2D eigenvalue weighted by Crippen LogP contribution is -2.15. The first kappa shape index (κ1) is 81.6. The summed E-state index contributed by atoms with van der Waals surface area (Å²) in [4.78, 5) is 2.73. The molecule has 0 atom stereocenters. The smallest absolute Gasteiger partial charge is 0.134 e. The van der Waals surface area contributed by atoms with Crippen molar-refractivity contribution in [1.82, 2.24) is 0 Å². The van der Waals surface area contributed by atoms with Crippen molar-refractivity contribution in [3.8, 4) is 66.3 Å². The zero-order chi connectivity index (χ0) is 80.0. The molecular weight excluding hydrogens is 1370 g/mol. The topological polar surface area (TPSA) is 13.1 Å². The lowest BCUT2D eigenvalue weighted by molar-refractivity contribution is 0.548. The van der Waals surface area contributed by atoms with Crippen molar-refractivity contribution in [2.75, 3.05) is 0 Å². The summed E-state index contributed by atoms with van der Waals surface area (Å²) in [6.07, 6.45) is 0. The monoisotopic (exact) mass is 1480 g/mol. The molecule has 0 bridgehead atoms. The Morgan fingerprint density at radius 3 is 0.848 bits per heavy atom. The van der Waals surface area contributed by atoms with Crippen LogP contribution in [0.1, 0.15) is 138 Å². The van der Waals surface area contributed by atoms with Crippen LogP contribution >= 0.6 is 11.3 Å². The van der Waals surface area contributed by atoms with Gasteiger partial charge < -0.3 is 4.42 Å². The van der Waals surface area contributed by atoms with Crippen molar-refractivity contribution < 1.29 is 4.42 Å². The number of furan rings is 1. The Hall–Kier alpha value is -11.4. The van der Waals surface area contributed by atoms with Crippen LogP contribution in [0.2, 0.25) is 0 Å². The summed E-state index contributed by atoms with van der Waals surface area (Å²) in [6.45, 7) is 43.3. The van der Waals surface area contributed by atoms with Gasteiger partial charge in [0.1, 0.15) is 11.5 Å². The normalized spacial score (nSPS) is 11.9. The molecule has 2 aliphatic rings. The van der Waals surface area contributed by atoms with Crippen molar-refractivity contribution in [3.63, 3.8) is 0 Å². The van der Waals surface area contributed by atoms with E-state index in [1.807, 2.05) is 30.4 Å². The maximum Gasteiger partial charge on any atom is 0.134 e. The highest BCUT2D eigenvalue weighted by Crippen LogP contribution is 2.51. The minimum Gasteiger partial charge on any atom is -0.461 e. The van der Waals surface area contributed by atoms with E-state index in [4.69, 9.17) is 4.42 Å². The highest BCUT2D eigenvalue weighted by molar-refractivity contribution is 7.15. The molecule has 2 heterocycles. The molecule has 16 aromatic rings. The Balaban J connectivity index is 0.000000129. The maximum absolute atomic E-state index is 5.51. The summed E-state index contributed by atoms with van der Waals surface area (Å²) in [5.41, 5.74) is 37.8. The van der Waals surface area contributed by atoms with Crippen LogP contribution in [-0.2, 0) is 10.8 Å². The molecule has 2 heteroatoms. The third-order valence-corrected chi connectivity index (χ3v) is 22.6. The second-order valence-electron chi connectivity index (χ2n) is 32.1. The van der Waals surface area contributed by atoms with E-state index in [9.17, 15) is 0 Å². The predicted octanol–water partition coefficient (Wildman–Crippen LogP) is 31.7. The van der Waals surface area contributed by atoms with Crippen molar-refractivity contribution in [1.29, 1.82) is 0 Å². The Labute approximate surface area is 674 Å². The third-order valence-electron chi connectivity index (χ3n) is 21.5. The highest BCUT2D eigenvalue weighted by atomic mass is 32.1. The fourth-order valence-electron chi connectivity index (χ4n) is 14.6. The molecule has 0 saturated carbocycles. The summed E-state index contributed by atoms with van der Waals surface area (Å²) < 4.78 is 5.51. The van der Waals surface area contributed by atoms with Gasteiger partial charge in [0, 0.05) is 26.1 Å². The first-order valence-corrected chi connectivity index (χ1v) is 40.3. The molecule has 0 saturated heterocycles. The summed E-state index contributed by atoms with van der Waals surface area (Å²) in [5, 5.41) is 5.41. The molecule has 1 nitrogen and oxygen atoms in total. The molecule has 0 N–H and O–H groups in total. The second-order valence-corrected chi connectivity index (χ2v) is 33.3. The SMILES string of the molecule is Cc1ccc(-c2ccc(C)cc2)cc1.Cc1ccc(-c2ccc(C)o2)cc1.Cc1ccc(-c2ccc(C)s2)cc1.Cc1ccc(-c2ccc3c(c2)C(C)(C)c2cc(C)ccc2-3)cc1.Cc1ccc(C)cc1.Cc1ccc2c(c1)C(C)(C)c1cc(C)ccc1-2.Cc1ccc2cc(C)ccc2c1.Cc1cccc2c(C)cccc12. The Morgan fingerprint density at radius 1 is 0.223 bits per heavy atom. The van der Waals surface area contributed by atoms with Crippen LogP contribution in [0.3, 0.4) is 0 Å². The van der Waals surface area contributed by atoms with Gasteiger partial charge >= 0.3 is 0 Å². The Bertz CT molecular complexity index is 5530. The number of benzene rings is 14. The van der Waals surface area contributed by atoms with Gasteiger partial charge in [-0.2, -0.15) is 0 Å². The van der Waals surface area contributed by atoms with E-state index < -0.39 is 0 Å². The predicted molar refractivity (Wildman–Crippen MR) is 489 cm³/mol. The molecule has 0 spiro atoms. The van der Waals surface area contributed by atoms with Crippen LogP contribution in [0.4, 0.5) is 0 Å². The molecule has 0 fully saturated rings. The zero-order valence-electron chi connectivity index (χ0n) is 69.8. The van der Waals surface area contributed by atoms with Crippen molar-refractivity contribution >= 4 is 32.9 Å². The summed E-state index contributed by atoms with van der Waals surface area (Å²) in [7, 11) is 0. The minimum atomic E-state index is 0.0669. The largest absolute Gasteiger partial charge is 0.461 e. The molecule has 18 rings (SSSR count). The Morgan fingerprint density at radius 2 is 0.509 bits per heavy atom. The lowest BCUT2D eigenvalue weighted by Gasteiger charge is -2.22. The first-order chi connectivity index (χ1) is 53.6. The molecule has 0 amide bonds. The lowest BCUT2D eigenvalue weighted by atomic mass is 9.81. The van der Waals surface area contributed by atoms with E-state index in [0.29, 0.717) is 0 Å². The van der Waals surface area contributed by atoms with Gasteiger partial charge in [0.2, 0.25) is 0 Å². The summed E-state index contributed by atoms with van der Waals surface area (Å²) in [5.74, 6) is 1.90. The van der Waals surface area contributed by atoms with E-state index in [1.54, 1.807) is 0 Å². The van der Waals surface area contributed by atoms with Crippen molar-refractivity contribution in [3.05, 3.63) is 426 Å². The number of hydrogen-bond acceptors (Lipinski definition) is 2. The number of thiophene rings is 1. The molecule has 2 aromatic heterocycles. The molecule has 112 heavy (non-hydrogen) atoms. The van der Waals surface area contributed by atoms with Gasteiger partial charge in [-0.25, -0.2) is 0 Å². The quantitative estimate of drug-likeness (QED) is 0.171. The van der Waals surface area contributed by atoms with Crippen LogP contribution in [0.25, 0.3) is 87.8 Å². The number of hydrogen-bond donors (Lipinski definition) is 0. The number of aryl methyl sites for hydroxylation is 16. The second kappa shape index (κ2) is 36.6. The summed E-state index contributed by atoms with van der Waals surface area (Å²) >= 11 is 1.85.